The Bertz CT molecular complexity index is 285. The minimum Gasteiger partial charge on any atom is -0.378 e. The molecule has 0 aromatic rings. The van der Waals surface area contributed by atoms with Gasteiger partial charge in [0, 0.05) is 13.0 Å². The van der Waals surface area contributed by atoms with E-state index in [4.69, 9.17) is 4.74 Å². The van der Waals surface area contributed by atoms with Crippen molar-refractivity contribution in [2.24, 2.45) is 5.92 Å². The van der Waals surface area contributed by atoms with Crippen molar-refractivity contribution in [1.82, 2.24) is 15.5 Å². The van der Waals surface area contributed by atoms with Crippen molar-refractivity contribution in [3.05, 3.63) is 0 Å². The molecule has 2 rings (SSSR count). The van der Waals surface area contributed by atoms with E-state index in [2.05, 4.69) is 22.6 Å². The Morgan fingerprint density at radius 2 is 1.95 bits per heavy atom. The molecule has 0 atom stereocenters. The highest BCUT2D eigenvalue weighted by Gasteiger charge is 2.17. The van der Waals surface area contributed by atoms with E-state index in [9.17, 15) is 4.79 Å². The van der Waals surface area contributed by atoms with E-state index in [1.54, 1.807) is 0 Å². The molecule has 2 saturated heterocycles. The van der Waals surface area contributed by atoms with Crippen molar-refractivity contribution in [1.29, 1.82) is 0 Å². The predicted molar refractivity (Wildman–Crippen MR) is 79.7 cm³/mol. The van der Waals surface area contributed by atoms with Gasteiger partial charge in [0.1, 0.15) is 0 Å². The molecule has 2 aliphatic heterocycles. The molecule has 2 N–H and O–H groups in total. The molecule has 0 saturated carbocycles. The Labute approximate surface area is 122 Å². The van der Waals surface area contributed by atoms with E-state index in [1.807, 2.05) is 0 Å². The number of rotatable bonds is 6. The first-order valence-electron chi connectivity index (χ1n) is 8.01. The summed E-state index contributed by atoms with van der Waals surface area (Å²) in [5, 5.41) is 6.37. The summed E-state index contributed by atoms with van der Waals surface area (Å²) in [6.45, 7) is 5.77. The van der Waals surface area contributed by atoms with Crippen molar-refractivity contribution in [3.8, 4) is 0 Å². The summed E-state index contributed by atoms with van der Waals surface area (Å²) in [5.41, 5.74) is 0. The molecule has 0 bridgehead atoms. The SMILES string of the molecule is CN1CCC(CNC(=O)CCOC2CCNCC2)CC1. The van der Waals surface area contributed by atoms with E-state index in [-0.39, 0.29) is 5.91 Å². The van der Waals surface area contributed by atoms with E-state index in [1.165, 1.54) is 12.8 Å². The van der Waals surface area contributed by atoms with Crippen molar-refractivity contribution in [3.63, 3.8) is 0 Å². The number of likely N-dealkylation sites (tertiary alicyclic amines) is 1. The highest BCUT2D eigenvalue weighted by atomic mass is 16.5. The lowest BCUT2D eigenvalue weighted by Crippen LogP contribution is -2.37. The summed E-state index contributed by atoms with van der Waals surface area (Å²) in [7, 11) is 2.16. The van der Waals surface area contributed by atoms with Crippen LogP contribution in [-0.4, -0.2) is 63.3 Å². The van der Waals surface area contributed by atoms with Crippen LogP contribution in [0.15, 0.2) is 0 Å². The fourth-order valence-electron chi connectivity index (χ4n) is 2.89. The molecule has 0 aromatic heterocycles. The van der Waals surface area contributed by atoms with Crippen molar-refractivity contribution in [2.45, 2.75) is 38.2 Å². The van der Waals surface area contributed by atoms with Crippen LogP contribution in [0.1, 0.15) is 32.1 Å². The van der Waals surface area contributed by atoms with Crippen molar-refractivity contribution in [2.75, 3.05) is 46.4 Å². The summed E-state index contributed by atoms with van der Waals surface area (Å²) in [6.07, 6.45) is 5.37. The fraction of sp³-hybridized carbons (Fsp3) is 0.933. The monoisotopic (exact) mass is 283 g/mol. The van der Waals surface area contributed by atoms with Gasteiger partial charge < -0.3 is 20.3 Å². The Morgan fingerprint density at radius 3 is 2.65 bits per heavy atom. The molecule has 116 valence electrons. The molecule has 1 amide bonds. The fourth-order valence-corrected chi connectivity index (χ4v) is 2.89. The summed E-state index contributed by atoms with van der Waals surface area (Å²) < 4.78 is 5.75. The Hall–Kier alpha value is -0.650. The van der Waals surface area contributed by atoms with Crippen LogP contribution in [0.2, 0.25) is 0 Å². The number of amides is 1. The Kier molecular flexibility index (Phi) is 6.76. The maximum atomic E-state index is 11.8. The Balaban J connectivity index is 1.49. The maximum absolute atomic E-state index is 11.8. The molecule has 2 fully saturated rings. The number of hydrogen-bond donors (Lipinski definition) is 2. The zero-order chi connectivity index (χ0) is 14.2. The number of nitrogens with one attached hydrogen (secondary N) is 2. The lowest BCUT2D eigenvalue weighted by molar-refractivity contribution is -0.123. The number of nitrogens with zero attached hydrogens (tertiary/aromatic N) is 1. The first-order valence-corrected chi connectivity index (χ1v) is 8.01. The van der Waals surface area contributed by atoms with Gasteiger partial charge in [-0.2, -0.15) is 0 Å². The molecule has 0 spiro atoms. The zero-order valence-electron chi connectivity index (χ0n) is 12.7. The second-order valence-electron chi connectivity index (χ2n) is 6.12. The third-order valence-corrected chi connectivity index (χ3v) is 4.39. The highest BCUT2D eigenvalue weighted by molar-refractivity contribution is 5.75. The van der Waals surface area contributed by atoms with Crippen LogP contribution in [0.3, 0.4) is 0 Å². The minimum atomic E-state index is 0.137. The van der Waals surface area contributed by atoms with Gasteiger partial charge in [0.05, 0.1) is 12.7 Å². The van der Waals surface area contributed by atoms with Gasteiger partial charge in [0.2, 0.25) is 5.91 Å². The van der Waals surface area contributed by atoms with E-state index >= 15 is 0 Å². The van der Waals surface area contributed by atoms with Gasteiger partial charge in [0.15, 0.2) is 0 Å². The number of piperidine rings is 2. The molecule has 5 heteroatoms. The van der Waals surface area contributed by atoms with Crippen LogP contribution in [0.4, 0.5) is 0 Å². The summed E-state index contributed by atoms with van der Waals surface area (Å²) in [4.78, 5) is 14.1. The molecule has 0 aromatic carbocycles. The second-order valence-corrected chi connectivity index (χ2v) is 6.12. The smallest absolute Gasteiger partial charge is 0.222 e. The van der Waals surface area contributed by atoms with Gasteiger partial charge in [0.25, 0.3) is 0 Å². The van der Waals surface area contributed by atoms with E-state index in [0.29, 0.717) is 25.0 Å². The number of carbonyl (C=O) groups is 1. The van der Waals surface area contributed by atoms with Gasteiger partial charge in [-0.1, -0.05) is 0 Å². The normalized spacial score (nSPS) is 22.9. The summed E-state index contributed by atoms with van der Waals surface area (Å²) in [5.74, 6) is 0.790. The summed E-state index contributed by atoms with van der Waals surface area (Å²) in [6, 6.07) is 0. The standard InChI is InChI=1S/C15H29N3O2/c1-18-9-4-13(5-10-18)12-17-15(19)6-11-20-14-2-7-16-8-3-14/h13-14,16H,2-12H2,1H3,(H,17,19). The van der Waals surface area contributed by atoms with Gasteiger partial charge in [-0.15, -0.1) is 0 Å². The largest absolute Gasteiger partial charge is 0.378 e. The van der Waals surface area contributed by atoms with Crippen molar-refractivity contribution < 1.29 is 9.53 Å². The average Bonchev–Trinajstić information content (AvgIpc) is 2.48. The Morgan fingerprint density at radius 1 is 1.25 bits per heavy atom. The molecule has 0 aliphatic carbocycles. The molecular formula is C15H29N3O2. The highest BCUT2D eigenvalue weighted by Crippen LogP contribution is 2.14. The molecule has 2 aliphatic rings. The third-order valence-electron chi connectivity index (χ3n) is 4.39. The molecule has 5 nitrogen and oxygen atoms in total. The van der Waals surface area contributed by atoms with Gasteiger partial charge in [-0.25, -0.2) is 0 Å². The topological polar surface area (TPSA) is 53.6 Å². The van der Waals surface area contributed by atoms with Gasteiger partial charge in [-0.3, -0.25) is 4.79 Å². The van der Waals surface area contributed by atoms with Gasteiger partial charge in [-0.05, 0) is 64.8 Å². The average molecular weight is 283 g/mol. The van der Waals surface area contributed by atoms with Gasteiger partial charge >= 0.3 is 0 Å². The molecule has 0 unspecified atom stereocenters. The third kappa shape index (κ3) is 5.77. The van der Waals surface area contributed by atoms with Crippen LogP contribution in [0.25, 0.3) is 0 Å². The summed E-state index contributed by atoms with van der Waals surface area (Å²) >= 11 is 0. The number of ether oxygens (including phenoxy) is 1. The lowest BCUT2D eigenvalue weighted by atomic mass is 9.97. The maximum Gasteiger partial charge on any atom is 0.222 e. The van der Waals surface area contributed by atoms with Crippen LogP contribution >= 0.6 is 0 Å². The van der Waals surface area contributed by atoms with Crippen LogP contribution in [0, 0.1) is 5.92 Å². The quantitative estimate of drug-likeness (QED) is 0.750. The lowest BCUT2D eigenvalue weighted by Gasteiger charge is -2.29. The number of hydrogen-bond acceptors (Lipinski definition) is 4. The van der Waals surface area contributed by atoms with E-state index < -0.39 is 0 Å². The molecule has 2 heterocycles. The molecule has 0 radical (unpaired) electrons. The zero-order valence-corrected chi connectivity index (χ0v) is 12.7. The molecular weight excluding hydrogens is 254 g/mol. The number of carbonyl (C=O) groups excluding carboxylic acids is 1. The molecule has 20 heavy (non-hydrogen) atoms. The predicted octanol–water partition coefficient (Wildman–Crippen LogP) is 0.603. The first kappa shape index (κ1) is 15.7. The first-order chi connectivity index (χ1) is 9.74. The van der Waals surface area contributed by atoms with Crippen LogP contribution in [0.5, 0.6) is 0 Å². The van der Waals surface area contributed by atoms with Crippen molar-refractivity contribution >= 4 is 5.91 Å². The minimum absolute atomic E-state index is 0.137. The van der Waals surface area contributed by atoms with Crippen LogP contribution in [-0.2, 0) is 9.53 Å². The van der Waals surface area contributed by atoms with E-state index in [0.717, 1.165) is 45.6 Å². The van der Waals surface area contributed by atoms with Crippen LogP contribution < -0.4 is 10.6 Å². The second kappa shape index (κ2) is 8.60.